The summed E-state index contributed by atoms with van der Waals surface area (Å²) in [6.45, 7) is 7.23. The van der Waals surface area contributed by atoms with Crippen molar-refractivity contribution in [2.45, 2.75) is 46.0 Å². The number of hydrogen-bond acceptors (Lipinski definition) is 0. The predicted octanol–water partition coefficient (Wildman–Crippen LogP) is 5.49. The molecular weight excluding hydrogens is 295 g/mol. The Morgan fingerprint density at radius 1 is 0.870 bits per heavy atom. The van der Waals surface area contributed by atoms with Gasteiger partial charge in [-0.05, 0) is 52.7 Å². The van der Waals surface area contributed by atoms with Crippen LogP contribution < -0.4 is 10.6 Å². The molecule has 2 aromatic rings. The largest absolute Gasteiger partial charge is 0.0625 e. The first-order valence-electron chi connectivity index (χ1n) is 9.05. The van der Waals surface area contributed by atoms with E-state index in [9.17, 15) is 0 Å². The summed E-state index contributed by atoms with van der Waals surface area (Å²) in [4.78, 5) is 0. The summed E-state index contributed by atoms with van der Waals surface area (Å²) in [6, 6.07) is 20.3. The Morgan fingerprint density at radius 2 is 1.52 bits per heavy atom. The van der Waals surface area contributed by atoms with Crippen LogP contribution in [0.15, 0.2) is 54.6 Å². The molecule has 2 aromatic carbocycles. The van der Waals surface area contributed by atoms with Crippen LogP contribution in [0.4, 0.5) is 0 Å². The van der Waals surface area contributed by atoms with Crippen LogP contribution >= 0.6 is 8.58 Å². The molecule has 122 valence electrons. The van der Waals surface area contributed by atoms with Crippen LogP contribution in [0, 0.1) is 17.8 Å². The second-order valence-electron chi connectivity index (χ2n) is 7.55. The van der Waals surface area contributed by atoms with Crippen LogP contribution in [0.5, 0.6) is 0 Å². The van der Waals surface area contributed by atoms with Gasteiger partial charge >= 0.3 is 0 Å². The molecule has 0 spiro atoms. The molecule has 1 aliphatic rings. The third-order valence-electron chi connectivity index (χ3n) is 5.42. The summed E-state index contributed by atoms with van der Waals surface area (Å²) >= 11 is 0. The van der Waals surface area contributed by atoms with E-state index in [1.165, 1.54) is 29.9 Å². The highest BCUT2D eigenvalue weighted by Gasteiger charge is 2.31. The van der Waals surface area contributed by atoms with Gasteiger partial charge < -0.3 is 0 Å². The van der Waals surface area contributed by atoms with Crippen LogP contribution in [0.3, 0.4) is 0 Å². The van der Waals surface area contributed by atoms with Crippen molar-refractivity contribution in [3.63, 3.8) is 0 Å². The van der Waals surface area contributed by atoms with E-state index in [0.29, 0.717) is 0 Å². The summed E-state index contributed by atoms with van der Waals surface area (Å²) in [5, 5.41) is 2.87. The molecule has 3 rings (SSSR count). The van der Waals surface area contributed by atoms with Crippen molar-refractivity contribution in [2.75, 3.05) is 0 Å². The molecule has 1 unspecified atom stereocenters. The lowest BCUT2D eigenvalue weighted by Gasteiger charge is -2.37. The molecule has 0 aliphatic heterocycles. The van der Waals surface area contributed by atoms with Gasteiger partial charge in [0.05, 0.1) is 0 Å². The molecule has 0 nitrogen and oxygen atoms in total. The average Bonchev–Trinajstić information content (AvgIpc) is 2.56. The average molecular weight is 324 g/mol. The topological polar surface area (TPSA) is 0 Å². The highest BCUT2D eigenvalue weighted by molar-refractivity contribution is 7.55. The maximum atomic E-state index is 2.43. The molecule has 1 saturated carbocycles. The molecule has 23 heavy (non-hydrogen) atoms. The second kappa shape index (κ2) is 7.63. The molecule has 4 atom stereocenters. The minimum absolute atomic E-state index is 0.757. The lowest BCUT2D eigenvalue weighted by atomic mass is 9.68. The maximum absolute atomic E-state index is 2.43. The Morgan fingerprint density at radius 3 is 2.17 bits per heavy atom. The quantitative estimate of drug-likeness (QED) is 0.652. The molecule has 1 aliphatic carbocycles. The Bertz CT molecular complexity index is 600. The minimum Gasteiger partial charge on any atom is -0.0625 e. The highest BCUT2D eigenvalue weighted by Crippen LogP contribution is 2.43. The molecule has 0 radical (unpaired) electrons. The van der Waals surface area contributed by atoms with Gasteiger partial charge in [0.15, 0.2) is 0 Å². The monoisotopic (exact) mass is 324 g/mol. The predicted molar refractivity (Wildman–Crippen MR) is 105 cm³/mol. The molecular formula is C22H29P. The summed E-state index contributed by atoms with van der Waals surface area (Å²) in [6.07, 6.45) is 4.17. The molecule has 0 bridgehead atoms. The van der Waals surface area contributed by atoms with Crippen LogP contribution in [0.2, 0.25) is 0 Å². The highest BCUT2D eigenvalue weighted by atomic mass is 31.1. The summed E-state index contributed by atoms with van der Waals surface area (Å²) in [5.74, 6) is 3.28. The lowest BCUT2D eigenvalue weighted by molar-refractivity contribution is 0.197. The smallest absolute Gasteiger partial charge is 0.0129 e. The molecule has 0 amide bonds. The Labute approximate surface area is 143 Å². The number of benzene rings is 2. The van der Waals surface area contributed by atoms with Crippen molar-refractivity contribution in [3.8, 4) is 0 Å². The van der Waals surface area contributed by atoms with Crippen LogP contribution in [-0.4, -0.2) is 0 Å². The Balaban J connectivity index is 1.75. The van der Waals surface area contributed by atoms with Gasteiger partial charge in [-0.25, -0.2) is 0 Å². The molecule has 1 heteroatoms. The normalized spacial score (nSPS) is 25.3. The zero-order chi connectivity index (χ0) is 16.2. The Kier molecular flexibility index (Phi) is 5.54. The first-order chi connectivity index (χ1) is 11.1. The van der Waals surface area contributed by atoms with E-state index in [1.54, 1.807) is 5.56 Å². The summed E-state index contributed by atoms with van der Waals surface area (Å²) in [5.41, 5.74) is 1.57. The molecule has 0 saturated heterocycles. The number of hydrogen-bond donors (Lipinski definition) is 0. The standard InChI is InChI=1S/C22H29P/c1-16(2)21-14-9-17(3)15-22(21)18-10-12-20(13-11-18)23-19-7-5-4-6-8-19/h4-8,10-13,16-17,21-23H,9,14-15H2,1-3H3/t17-,21+,22+/m0/s1. The minimum atomic E-state index is 0.757. The zero-order valence-electron chi connectivity index (χ0n) is 14.6. The molecule has 0 N–H and O–H groups in total. The van der Waals surface area contributed by atoms with E-state index in [1.807, 2.05) is 0 Å². The van der Waals surface area contributed by atoms with Gasteiger partial charge in [0.2, 0.25) is 0 Å². The van der Waals surface area contributed by atoms with Crippen LogP contribution in [0.1, 0.15) is 51.5 Å². The van der Waals surface area contributed by atoms with Crippen molar-refractivity contribution in [2.24, 2.45) is 17.8 Å². The Hall–Kier alpha value is -1.13. The van der Waals surface area contributed by atoms with Gasteiger partial charge in [-0.2, -0.15) is 0 Å². The first-order valence-corrected chi connectivity index (χ1v) is 10.1. The van der Waals surface area contributed by atoms with Crippen molar-refractivity contribution < 1.29 is 0 Å². The third-order valence-corrected chi connectivity index (χ3v) is 6.67. The van der Waals surface area contributed by atoms with Crippen molar-refractivity contribution >= 4 is 19.2 Å². The van der Waals surface area contributed by atoms with Gasteiger partial charge in [0.25, 0.3) is 0 Å². The van der Waals surface area contributed by atoms with Crippen molar-refractivity contribution in [3.05, 3.63) is 60.2 Å². The van der Waals surface area contributed by atoms with Gasteiger partial charge in [-0.15, -0.1) is 0 Å². The fourth-order valence-electron chi connectivity index (χ4n) is 4.09. The lowest BCUT2D eigenvalue weighted by Crippen LogP contribution is -2.26. The molecule has 0 heterocycles. The van der Waals surface area contributed by atoms with Crippen molar-refractivity contribution in [1.82, 2.24) is 0 Å². The van der Waals surface area contributed by atoms with Gasteiger partial charge in [0, 0.05) is 0 Å². The van der Waals surface area contributed by atoms with Gasteiger partial charge in [-0.3, -0.25) is 0 Å². The van der Waals surface area contributed by atoms with E-state index in [2.05, 4.69) is 75.4 Å². The van der Waals surface area contributed by atoms with Crippen LogP contribution in [-0.2, 0) is 0 Å². The first kappa shape index (κ1) is 16.7. The van der Waals surface area contributed by atoms with E-state index in [0.717, 1.165) is 32.3 Å². The molecule has 0 aromatic heterocycles. The van der Waals surface area contributed by atoms with E-state index in [4.69, 9.17) is 0 Å². The van der Waals surface area contributed by atoms with E-state index >= 15 is 0 Å². The second-order valence-corrected chi connectivity index (χ2v) is 8.95. The van der Waals surface area contributed by atoms with Crippen LogP contribution in [0.25, 0.3) is 0 Å². The van der Waals surface area contributed by atoms with Gasteiger partial charge in [-0.1, -0.05) is 90.4 Å². The fraction of sp³-hybridized carbons (Fsp3) is 0.455. The maximum Gasteiger partial charge on any atom is -0.0129 e. The fourth-order valence-corrected chi connectivity index (χ4v) is 5.11. The van der Waals surface area contributed by atoms with E-state index < -0.39 is 0 Å². The SMILES string of the molecule is CC(C)[C@H]1CC[C@H](C)C[C@@H]1c1ccc(Pc2ccccc2)cc1. The third kappa shape index (κ3) is 4.24. The van der Waals surface area contributed by atoms with Crippen molar-refractivity contribution in [1.29, 1.82) is 0 Å². The van der Waals surface area contributed by atoms with E-state index in [-0.39, 0.29) is 0 Å². The zero-order valence-corrected chi connectivity index (χ0v) is 15.6. The summed E-state index contributed by atoms with van der Waals surface area (Å²) in [7, 11) is 0.766. The molecule has 1 fully saturated rings. The number of rotatable bonds is 4. The van der Waals surface area contributed by atoms with Gasteiger partial charge in [0.1, 0.15) is 0 Å². The summed E-state index contributed by atoms with van der Waals surface area (Å²) < 4.78 is 0.